The molecule has 33 heavy (non-hydrogen) atoms. The number of aromatic nitrogens is 1. The quantitative estimate of drug-likeness (QED) is 0.269. The fourth-order valence-corrected chi connectivity index (χ4v) is 3.83. The first-order chi connectivity index (χ1) is 15.6. The normalized spacial score (nSPS) is 12.0. The lowest BCUT2D eigenvalue weighted by molar-refractivity contribution is -0.145. The second-order valence-electron chi connectivity index (χ2n) is 7.41. The van der Waals surface area contributed by atoms with Crippen molar-refractivity contribution < 1.29 is 27.8 Å². The highest BCUT2D eigenvalue weighted by molar-refractivity contribution is 6.42. The number of ketones is 1. The van der Waals surface area contributed by atoms with Crippen LogP contribution >= 0.6 is 23.2 Å². The van der Waals surface area contributed by atoms with Gasteiger partial charge in [0.05, 0.1) is 16.5 Å². The van der Waals surface area contributed by atoms with Crippen LogP contribution in [0, 0.1) is 13.8 Å². The van der Waals surface area contributed by atoms with Gasteiger partial charge in [0, 0.05) is 22.6 Å². The molecule has 2 aromatic carbocycles. The van der Waals surface area contributed by atoms with E-state index in [1.54, 1.807) is 43.3 Å². The molecule has 174 valence electrons. The van der Waals surface area contributed by atoms with Crippen LogP contribution in [0.15, 0.2) is 48.5 Å². The number of esters is 1. The third-order valence-corrected chi connectivity index (χ3v) is 5.77. The zero-order valence-corrected chi connectivity index (χ0v) is 19.6. The van der Waals surface area contributed by atoms with E-state index in [2.05, 4.69) is 4.74 Å². The van der Waals surface area contributed by atoms with E-state index in [1.165, 1.54) is 19.1 Å². The Morgan fingerprint density at radius 2 is 1.67 bits per heavy atom. The maximum Gasteiger partial charge on any atom is 0.387 e. The van der Waals surface area contributed by atoms with E-state index in [-0.39, 0.29) is 18.0 Å². The van der Waals surface area contributed by atoms with E-state index >= 15 is 0 Å². The molecule has 0 aliphatic heterocycles. The minimum atomic E-state index is -2.91. The minimum Gasteiger partial charge on any atom is -0.454 e. The number of nitrogens with zero attached hydrogens (tertiary/aromatic N) is 1. The molecule has 0 spiro atoms. The van der Waals surface area contributed by atoms with Crippen LogP contribution in [0.2, 0.25) is 10.0 Å². The zero-order valence-electron chi connectivity index (χ0n) is 18.1. The Morgan fingerprint density at radius 3 is 2.27 bits per heavy atom. The molecule has 5 nitrogen and oxygen atoms in total. The van der Waals surface area contributed by atoms with E-state index in [0.717, 1.165) is 5.69 Å². The molecule has 1 heterocycles. The standard InChI is InChI=1S/C24H21Cl2F2NO4/c1-13-10-19(14(2)29(13)17-5-7-18(8-6-17)33-24(27)28)23(31)15(3)32-22(30)12-16-4-9-20(25)21(26)11-16/h4-11,15,24H,12H2,1-3H3. The number of carbonyl (C=O) groups is 2. The first kappa shape index (κ1) is 24.7. The lowest BCUT2D eigenvalue weighted by atomic mass is 10.1. The van der Waals surface area contributed by atoms with Crippen molar-refractivity contribution in [1.29, 1.82) is 0 Å². The van der Waals surface area contributed by atoms with Crippen molar-refractivity contribution in [2.75, 3.05) is 0 Å². The highest BCUT2D eigenvalue weighted by atomic mass is 35.5. The van der Waals surface area contributed by atoms with Crippen LogP contribution in [0.5, 0.6) is 5.75 Å². The Morgan fingerprint density at radius 1 is 1.00 bits per heavy atom. The Hall–Kier alpha value is -2.90. The van der Waals surface area contributed by atoms with E-state index in [1.807, 2.05) is 11.5 Å². The number of rotatable bonds is 8. The molecule has 0 radical (unpaired) electrons. The average molecular weight is 496 g/mol. The summed E-state index contributed by atoms with van der Waals surface area (Å²) in [5, 5.41) is 0.705. The number of aryl methyl sites for hydroxylation is 1. The van der Waals surface area contributed by atoms with Crippen LogP contribution in [-0.4, -0.2) is 29.0 Å². The van der Waals surface area contributed by atoms with E-state index in [9.17, 15) is 18.4 Å². The van der Waals surface area contributed by atoms with Crippen molar-refractivity contribution in [1.82, 2.24) is 4.57 Å². The molecule has 1 atom stereocenters. The van der Waals surface area contributed by atoms with Gasteiger partial charge in [-0.25, -0.2) is 0 Å². The van der Waals surface area contributed by atoms with Gasteiger partial charge in [0.15, 0.2) is 6.10 Å². The van der Waals surface area contributed by atoms with Crippen LogP contribution in [-0.2, 0) is 16.0 Å². The molecular weight excluding hydrogens is 475 g/mol. The molecule has 0 saturated heterocycles. The molecule has 0 aliphatic carbocycles. The first-order valence-electron chi connectivity index (χ1n) is 9.98. The third-order valence-electron chi connectivity index (χ3n) is 5.03. The van der Waals surface area contributed by atoms with Crippen LogP contribution < -0.4 is 4.74 Å². The van der Waals surface area contributed by atoms with E-state index < -0.39 is 18.7 Å². The third kappa shape index (κ3) is 5.92. The monoisotopic (exact) mass is 495 g/mol. The summed E-state index contributed by atoms with van der Waals surface area (Å²) >= 11 is 11.8. The highest BCUT2D eigenvalue weighted by Gasteiger charge is 2.24. The number of hydrogen-bond donors (Lipinski definition) is 0. The average Bonchev–Trinajstić information content (AvgIpc) is 3.04. The number of alkyl halides is 2. The lowest BCUT2D eigenvalue weighted by Gasteiger charge is -2.14. The summed E-state index contributed by atoms with van der Waals surface area (Å²) in [4.78, 5) is 25.3. The van der Waals surface area contributed by atoms with Crippen molar-refractivity contribution in [2.45, 2.75) is 39.9 Å². The SMILES string of the molecule is Cc1cc(C(=O)C(C)OC(=O)Cc2ccc(Cl)c(Cl)c2)c(C)n1-c1ccc(OC(F)F)cc1. The van der Waals surface area contributed by atoms with Crippen molar-refractivity contribution in [3.05, 3.63) is 81.1 Å². The summed E-state index contributed by atoms with van der Waals surface area (Å²) in [6.07, 6.45) is -1.06. The molecule has 1 unspecified atom stereocenters. The lowest BCUT2D eigenvalue weighted by Crippen LogP contribution is -2.25. The van der Waals surface area contributed by atoms with E-state index in [0.29, 0.717) is 32.6 Å². The summed E-state index contributed by atoms with van der Waals surface area (Å²) in [6, 6.07) is 12.6. The number of ether oxygens (including phenoxy) is 2. The maximum atomic E-state index is 13.0. The number of Topliss-reactive ketones (excluding diaryl/α,β-unsaturated/α-hetero) is 1. The van der Waals surface area contributed by atoms with Crippen molar-refractivity contribution >= 4 is 35.0 Å². The van der Waals surface area contributed by atoms with Crippen LogP contribution in [0.3, 0.4) is 0 Å². The van der Waals surface area contributed by atoms with E-state index in [4.69, 9.17) is 27.9 Å². The zero-order chi connectivity index (χ0) is 24.3. The fourth-order valence-electron chi connectivity index (χ4n) is 3.51. The molecule has 0 aliphatic rings. The molecule has 0 saturated carbocycles. The number of benzene rings is 2. The van der Waals surface area contributed by atoms with Gasteiger partial charge in [-0.2, -0.15) is 8.78 Å². The molecule has 1 aromatic heterocycles. The maximum absolute atomic E-state index is 13.0. The highest BCUT2D eigenvalue weighted by Crippen LogP contribution is 2.25. The van der Waals surface area contributed by atoms with Gasteiger partial charge in [-0.05, 0) is 68.8 Å². The minimum absolute atomic E-state index is 0.0371. The largest absolute Gasteiger partial charge is 0.454 e. The Kier molecular flexibility index (Phi) is 7.76. The van der Waals surface area contributed by atoms with Gasteiger partial charge in [-0.15, -0.1) is 0 Å². The molecule has 3 rings (SSSR count). The molecule has 0 bridgehead atoms. The summed E-state index contributed by atoms with van der Waals surface area (Å²) < 4.78 is 36.3. The predicted molar refractivity (Wildman–Crippen MR) is 122 cm³/mol. The summed E-state index contributed by atoms with van der Waals surface area (Å²) in [5.74, 6) is -0.887. The molecular formula is C24H21Cl2F2NO4. The van der Waals surface area contributed by atoms with Gasteiger partial charge in [0.1, 0.15) is 5.75 Å². The van der Waals surface area contributed by atoms with Crippen molar-refractivity contribution in [3.8, 4) is 11.4 Å². The molecule has 0 N–H and O–H groups in total. The van der Waals surface area contributed by atoms with Crippen LogP contribution in [0.1, 0.15) is 34.2 Å². The number of halogens is 4. The fraction of sp³-hybridized carbons (Fsp3) is 0.250. The Bertz CT molecular complexity index is 1180. The number of hydrogen-bond acceptors (Lipinski definition) is 4. The summed E-state index contributed by atoms with van der Waals surface area (Å²) in [5.41, 5.74) is 3.08. The van der Waals surface area contributed by atoms with Gasteiger partial charge in [0.2, 0.25) is 5.78 Å². The van der Waals surface area contributed by atoms with Crippen molar-refractivity contribution in [3.63, 3.8) is 0 Å². The second kappa shape index (κ2) is 10.4. The second-order valence-corrected chi connectivity index (χ2v) is 8.23. The Labute approximate surface area is 199 Å². The van der Waals surface area contributed by atoms with Gasteiger partial charge in [-0.3, -0.25) is 9.59 Å². The molecule has 9 heteroatoms. The van der Waals surface area contributed by atoms with Gasteiger partial charge >= 0.3 is 12.6 Å². The van der Waals surface area contributed by atoms with Crippen LogP contribution in [0.25, 0.3) is 5.69 Å². The summed E-state index contributed by atoms with van der Waals surface area (Å²) in [7, 11) is 0. The van der Waals surface area contributed by atoms with Crippen LogP contribution in [0.4, 0.5) is 8.78 Å². The van der Waals surface area contributed by atoms with Crippen molar-refractivity contribution in [2.24, 2.45) is 0 Å². The number of carbonyl (C=O) groups excluding carboxylic acids is 2. The topological polar surface area (TPSA) is 57.5 Å². The predicted octanol–water partition coefficient (Wildman–Crippen LogP) is 6.36. The van der Waals surface area contributed by atoms with Gasteiger partial charge < -0.3 is 14.0 Å². The Balaban J connectivity index is 1.73. The smallest absolute Gasteiger partial charge is 0.387 e. The summed E-state index contributed by atoms with van der Waals surface area (Å²) in [6.45, 7) is 2.18. The molecule has 3 aromatic rings. The molecule has 0 amide bonds. The first-order valence-corrected chi connectivity index (χ1v) is 10.7. The van der Waals surface area contributed by atoms with Gasteiger partial charge in [0.25, 0.3) is 0 Å². The molecule has 0 fully saturated rings. The van der Waals surface area contributed by atoms with Gasteiger partial charge in [-0.1, -0.05) is 29.3 Å².